The summed E-state index contributed by atoms with van der Waals surface area (Å²) in [5.74, 6) is 1.64. The van der Waals surface area contributed by atoms with Crippen LogP contribution in [0.4, 0.5) is 11.8 Å². The van der Waals surface area contributed by atoms with Crippen molar-refractivity contribution in [1.82, 2.24) is 15.0 Å². The van der Waals surface area contributed by atoms with Crippen molar-refractivity contribution in [2.45, 2.75) is 50.2 Å². The molecule has 0 amide bonds. The van der Waals surface area contributed by atoms with Gasteiger partial charge >= 0.3 is 5.97 Å². The van der Waals surface area contributed by atoms with Crippen LogP contribution in [0, 0.1) is 13.8 Å². The fraction of sp³-hybridized carbons (Fsp3) is 0.565. The Labute approximate surface area is 196 Å². The highest BCUT2D eigenvalue weighted by Crippen LogP contribution is 2.36. The predicted octanol–water partition coefficient (Wildman–Crippen LogP) is 1.81. The minimum Gasteiger partial charge on any atom is -0.611 e. The quantitative estimate of drug-likeness (QED) is 0.477. The maximum atomic E-state index is 12.7. The molecule has 2 aromatic heterocycles. The van der Waals surface area contributed by atoms with Gasteiger partial charge in [-0.15, -0.1) is 0 Å². The van der Waals surface area contributed by atoms with Gasteiger partial charge < -0.3 is 23.8 Å². The van der Waals surface area contributed by atoms with Crippen LogP contribution in [0.1, 0.15) is 40.3 Å². The van der Waals surface area contributed by atoms with Crippen molar-refractivity contribution in [2.24, 2.45) is 0 Å². The SMILES string of the molecule is Cc1cc(C(=O)OC2CN(c3nc4c(c(N(C)C5CCOCC5)n3)[S+]([O-])CC4)C2)cc(C)n1. The largest absolute Gasteiger partial charge is 0.611 e. The van der Waals surface area contributed by atoms with E-state index in [0.717, 1.165) is 53.9 Å². The van der Waals surface area contributed by atoms with E-state index in [4.69, 9.17) is 19.4 Å². The van der Waals surface area contributed by atoms with E-state index in [-0.39, 0.29) is 12.1 Å². The van der Waals surface area contributed by atoms with Crippen LogP contribution in [-0.4, -0.2) is 76.7 Å². The normalized spacial score (nSPS) is 21.0. The number of carbonyl (C=O) groups is 1. The average Bonchev–Trinajstić information content (AvgIpc) is 3.15. The maximum Gasteiger partial charge on any atom is 0.338 e. The summed E-state index contributed by atoms with van der Waals surface area (Å²) in [5.41, 5.74) is 2.98. The van der Waals surface area contributed by atoms with Crippen LogP contribution < -0.4 is 9.80 Å². The Hall–Kier alpha value is -2.43. The van der Waals surface area contributed by atoms with Crippen LogP contribution in [0.15, 0.2) is 17.0 Å². The summed E-state index contributed by atoms with van der Waals surface area (Å²) in [6.07, 6.45) is 2.33. The van der Waals surface area contributed by atoms with Crippen LogP contribution in [0.3, 0.4) is 0 Å². The lowest BCUT2D eigenvalue weighted by atomic mass is 10.1. The van der Waals surface area contributed by atoms with Crippen LogP contribution in [0.5, 0.6) is 0 Å². The van der Waals surface area contributed by atoms with Gasteiger partial charge in [0.25, 0.3) is 0 Å². The first-order chi connectivity index (χ1) is 15.9. The molecule has 5 heterocycles. The number of carbonyl (C=O) groups excluding carboxylic acids is 1. The van der Waals surface area contributed by atoms with Crippen LogP contribution >= 0.6 is 0 Å². The van der Waals surface area contributed by atoms with Gasteiger partial charge in [-0.1, -0.05) is 0 Å². The Morgan fingerprint density at radius 1 is 1.18 bits per heavy atom. The van der Waals surface area contributed by atoms with Crippen molar-refractivity contribution in [3.63, 3.8) is 0 Å². The van der Waals surface area contributed by atoms with Crippen molar-refractivity contribution in [2.75, 3.05) is 48.9 Å². The van der Waals surface area contributed by atoms with E-state index >= 15 is 0 Å². The number of aromatic nitrogens is 3. The molecule has 3 aliphatic heterocycles. The van der Waals surface area contributed by atoms with E-state index in [1.165, 1.54) is 0 Å². The molecule has 0 bridgehead atoms. The molecule has 3 aliphatic rings. The number of nitrogens with zero attached hydrogens (tertiary/aromatic N) is 5. The molecule has 1 atom stereocenters. The highest BCUT2D eigenvalue weighted by molar-refractivity contribution is 7.91. The summed E-state index contributed by atoms with van der Waals surface area (Å²) in [5, 5.41) is 0. The average molecular weight is 472 g/mol. The number of fused-ring (bicyclic) bond motifs is 1. The van der Waals surface area contributed by atoms with Gasteiger partial charge in [0.15, 0.2) is 5.82 Å². The summed E-state index contributed by atoms with van der Waals surface area (Å²) >= 11 is -1.07. The van der Waals surface area contributed by atoms with Crippen LogP contribution in [0.2, 0.25) is 0 Å². The Morgan fingerprint density at radius 3 is 2.58 bits per heavy atom. The second-order valence-corrected chi connectivity index (χ2v) is 10.5. The molecule has 0 aliphatic carbocycles. The fourth-order valence-corrected chi connectivity index (χ4v) is 6.03. The van der Waals surface area contributed by atoms with Crippen molar-refractivity contribution in [3.05, 3.63) is 34.8 Å². The topological polar surface area (TPSA) is 104 Å². The van der Waals surface area contributed by atoms with Crippen molar-refractivity contribution < 1.29 is 18.8 Å². The molecule has 0 saturated carbocycles. The van der Waals surface area contributed by atoms with Crippen molar-refractivity contribution in [1.29, 1.82) is 0 Å². The molecule has 1 unspecified atom stereocenters. The van der Waals surface area contributed by atoms with E-state index < -0.39 is 11.2 Å². The molecule has 10 heteroatoms. The summed E-state index contributed by atoms with van der Waals surface area (Å²) in [6, 6.07) is 3.79. The van der Waals surface area contributed by atoms with Gasteiger partial charge in [0.1, 0.15) is 17.6 Å². The Bertz CT molecular complexity index is 1040. The molecule has 9 nitrogen and oxygen atoms in total. The number of anilines is 2. The van der Waals surface area contributed by atoms with Crippen molar-refractivity contribution >= 4 is 28.9 Å². The van der Waals surface area contributed by atoms with Crippen LogP contribution in [0.25, 0.3) is 0 Å². The number of rotatable bonds is 5. The number of pyridine rings is 1. The van der Waals surface area contributed by atoms with Gasteiger partial charge in [-0.25, -0.2) is 9.78 Å². The van der Waals surface area contributed by atoms with E-state index in [9.17, 15) is 9.35 Å². The molecule has 33 heavy (non-hydrogen) atoms. The molecule has 0 N–H and O–H groups in total. The maximum absolute atomic E-state index is 12.7. The molecule has 0 aromatic carbocycles. The predicted molar refractivity (Wildman–Crippen MR) is 124 cm³/mol. The molecule has 2 fully saturated rings. The minimum atomic E-state index is -1.07. The lowest BCUT2D eigenvalue weighted by Crippen LogP contribution is -2.54. The van der Waals surface area contributed by atoms with E-state index in [1.807, 2.05) is 25.8 Å². The van der Waals surface area contributed by atoms with Gasteiger partial charge in [-0.2, -0.15) is 4.98 Å². The lowest BCUT2D eigenvalue weighted by Gasteiger charge is -2.39. The standard InChI is InChI=1S/C23H29N5O4S/c1-14-10-16(11-15(2)24-14)22(29)32-18-12-28(13-18)23-25-19-6-9-33(30)20(19)21(26-23)27(3)17-4-7-31-8-5-17/h10-11,17-18H,4-9,12-13H2,1-3H3. The molecule has 0 radical (unpaired) electrons. The van der Waals surface area contributed by atoms with Crippen LogP contribution in [-0.2, 0) is 27.1 Å². The second-order valence-electron chi connectivity index (χ2n) is 8.95. The lowest BCUT2D eigenvalue weighted by molar-refractivity contribution is 0.0231. The zero-order valence-electron chi connectivity index (χ0n) is 19.2. The number of esters is 1. The highest BCUT2D eigenvalue weighted by atomic mass is 32.2. The minimum absolute atomic E-state index is 0.214. The van der Waals surface area contributed by atoms with E-state index in [1.54, 1.807) is 12.1 Å². The Morgan fingerprint density at radius 2 is 1.88 bits per heavy atom. The van der Waals surface area contributed by atoms with E-state index in [0.29, 0.717) is 42.8 Å². The molecule has 2 saturated heterocycles. The first kappa shape index (κ1) is 22.4. The summed E-state index contributed by atoms with van der Waals surface area (Å²) in [6.45, 7) is 6.26. The van der Waals surface area contributed by atoms with Gasteiger partial charge in [-0.3, -0.25) is 4.98 Å². The molecule has 2 aromatic rings. The zero-order valence-corrected chi connectivity index (χ0v) is 20.1. The van der Waals surface area contributed by atoms with Gasteiger partial charge in [0, 0.05) is 44.1 Å². The molecule has 5 rings (SSSR count). The van der Waals surface area contributed by atoms with Crippen molar-refractivity contribution in [3.8, 4) is 0 Å². The van der Waals surface area contributed by atoms with Gasteiger partial charge in [-0.05, 0) is 50.0 Å². The smallest absolute Gasteiger partial charge is 0.338 e. The fourth-order valence-electron chi connectivity index (χ4n) is 4.64. The molecular weight excluding hydrogens is 442 g/mol. The second kappa shape index (κ2) is 9.08. The Kier molecular flexibility index (Phi) is 6.15. The first-order valence-electron chi connectivity index (χ1n) is 11.4. The number of hydrogen-bond acceptors (Lipinski definition) is 9. The van der Waals surface area contributed by atoms with Gasteiger partial charge in [0.2, 0.25) is 10.8 Å². The summed E-state index contributed by atoms with van der Waals surface area (Å²) < 4.78 is 23.9. The molecule has 0 spiro atoms. The number of aryl methyl sites for hydroxylation is 3. The molecular formula is C23H29N5O4S. The summed E-state index contributed by atoms with van der Waals surface area (Å²) in [4.78, 5) is 31.4. The zero-order chi connectivity index (χ0) is 23.1. The third-order valence-corrected chi connectivity index (χ3v) is 7.90. The third-order valence-electron chi connectivity index (χ3n) is 6.45. The molecule has 176 valence electrons. The number of ether oxygens (including phenoxy) is 2. The van der Waals surface area contributed by atoms with E-state index in [2.05, 4.69) is 9.88 Å². The highest BCUT2D eigenvalue weighted by Gasteiger charge is 2.38. The first-order valence-corrected chi connectivity index (χ1v) is 12.7. The third kappa shape index (κ3) is 4.51. The number of hydrogen-bond donors (Lipinski definition) is 0. The monoisotopic (exact) mass is 471 g/mol. The van der Waals surface area contributed by atoms with Gasteiger partial charge in [0.05, 0.1) is 18.7 Å². The summed E-state index contributed by atoms with van der Waals surface area (Å²) in [7, 11) is 2.03. The Balaban J connectivity index is 1.30.